The molecule has 0 aromatic carbocycles. The first-order chi connectivity index (χ1) is 32.2. The largest absolute Gasteiger partial charge is 0.472 e. The van der Waals surface area contributed by atoms with Crippen LogP contribution in [0, 0.1) is 0 Å². The van der Waals surface area contributed by atoms with Gasteiger partial charge >= 0.3 is 25.7 Å². The molecule has 0 saturated carbocycles. The smallest absolute Gasteiger partial charge is 0.462 e. The van der Waals surface area contributed by atoms with Crippen molar-refractivity contribution in [1.29, 1.82) is 0 Å². The van der Waals surface area contributed by atoms with Gasteiger partial charge in [-0.15, -0.1) is 0 Å². The predicted octanol–water partition coefficient (Wildman–Crippen LogP) is 15.0. The third kappa shape index (κ3) is 46.5. The highest BCUT2D eigenvalue weighted by Crippen LogP contribution is 2.43. The molecule has 12 heteroatoms. The summed E-state index contributed by atoms with van der Waals surface area (Å²) in [6.07, 6.45) is 49.4. The normalized spacial score (nSPS) is 13.8. The van der Waals surface area contributed by atoms with E-state index in [9.17, 15) is 28.9 Å². The average Bonchev–Trinajstić information content (AvgIpc) is 3.30. The highest BCUT2D eigenvalue weighted by Gasteiger charge is 2.28. The van der Waals surface area contributed by atoms with Crippen molar-refractivity contribution in [3.63, 3.8) is 0 Å². The molecule has 0 saturated heterocycles. The summed E-state index contributed by atoms with van der Waals surface area (Å²) in [5.41, 5.74) is 0. The van der Waals surface area contributed by atoms with Crippen molar-refractivity contribution in [2.75, 3.05) is 26.4 Å². The molecule has 0 rings (SSSR count). The number of aliphatic hydroxyl groups is 1. The Hall–Kier alpha value is -2.56. The van der Waals surface area contributed by atoms with Gasteiger partial charge in [0, 0.05) is 19.3 Å². The minimum atomic E-state index is -4.75. The van der Waals surface area contributed by atoms with Crippen molar-refractivity contribution in [3.05, 3.63) is 48.6 Å². The number of esters is 3. The molecule has 0 aromatic heterocycles. The van der Waals surface area contributed by atoms with Gasteiger partial charge in [-0.3, -0.25) is 23.4 Å². The van der Waals surface area contributed by atoms with E-state index >= 15 is 0 Å². The molecule has 0 heterocycles. The second kappa shape index (κ2) is 48.9. The lowest BCUT2D eigenvalue weighted by molar-refractivity contribution is -0.161. The van der Waals surface area contributed by atoms with E-state index in [1.54, 1.807) is 0 Å². The van der Waals surface area contributed by atoms with E-state index in [1.165, 1.54) is 83.5 Å². The van der Waals surface area contributed by atoms with E-state index in [0.717, 1.165) is 96.3 Å². The zero-order valence-electron chi connectivity index (χ0n) is 42.2. The summed E-state index contributed by atoms with van der Waals surface area (Å²) in [4.78, 5) is 48.3. The Balaban J connectivity index is 4.76. The molecule has 0 radical (unpaired) electrons. The van der Waals surface area contributed by atoms with E-state index in [0.29, 0.717) is 19.3 Å². The number of carbonyl (C=O) groups excluding carboxylic acids is 3. The lowest BCUT2D eigenvalue weighted by Crippen LogP contribution is -2.30. The number of phosphoric acid groups is 1. The maximum absolute atomic E-state index is 12.8. The number of allylic oxidation sites excluding steroid dienone is 8. The molecule has 11 nitrogen and oxygen atoms in total. The Morgan fingerprint density at radius 1 is 0.439 bits per heavy atom. The molecule has 66 heavy (non-hydrogen) atoms. The average molecular weight is 953 g/mol. The molecular weight excluding hydrogens is 856 g/mol. The maximum atomic E-state index is 12.8. The number of aliphatic hydroxyl groups excluding tert-OH is 1. The van der Waals surface area contributed by atoms with Crippen LogP contribution < -0.4 is 0 Å². The van der Waals surface area contributed by atoms with Crippen LogP contribution in [0.5, 0.6) is 0 Å². The van der Waals surface area contributed by atoms with Crippen molar-refractivity contribution >= 4 is 25.7 Å². The number of phosphoric ester groups is 1. The lowest BCUT2D eigenvalue weighted by Gasteiger charge is -2.21. The van der Waals surface area contributed by atoms with Crippen molar-refractivity contribution in [2.24, 2.45) is 0 Å². The van der Waals surface area contributed by atoms with Crippen molar-refractivity contribution in [1.82, 2.24) is 0 Å². The molecule has 0 aliphatic carbocycles. The van der Waals surface area contributed by atoms with Crippen molar-refractivity contribution in [3.8, 4) is 0 Å². The molecule has 0 bridgehead atoms. The summed E-state index contributed by atoms with van der Waals surface area (Å²) in [7, 11) is -4.75. The van der Waals surface area contributed by atoms with Gasteiger partial charge in [-0.2, -0.15) is 0 Å². The fourth-order valence-corrected chi connectivity index (χ4v) is 7.96. The number of hydrogen-bond donors (Lipinski definition) is 2. The Kier molecular flexibility index (Phi) is 47.0. The number of unbranched alkanes of at least 4 members (excludes halogenated alkanes) is 24. The van der Waals surface area contributed by atoms with Gasteiger partial charge in [0.15, 0.2) is 6.10 Å². The molecule has 0 fully saturated rings. The lowest BCUT2D eigenvalue weighted by atomic mass is 10.0. The summed E-state index contributed by atoms with van der Waals surface area (Å²) in [6.45, 7) is 4.45. The number of rotatable bonds is 49. The minimum absolute atomic E-state index is 0.134. The van der Waals surface area contributed by atoms with Crippen LogP contribution in [-0.4, -0.2) is 66.5 Å². The molecule has 2 N–H and O–H groups in total. The van der Waals surface area contributed by atoms with E-state index < -0.39 is 57.8 Å². The fraction of sp³-hybridized carbons (Fsp3) is 0.796. The fourth-order valence-electron chi connectivity index (χ4n) is 7.17. The monoisotopic (exact) mass is 953 g/mol. The molecule has 0 aliphatic rings. The predicted molar refractivity (Wildman–Crippen MR) is 270 cm³/mol. The first-order valence-electron chi connectivity index (χ1n) is 26.5. The standard InChI is InChI=1S/C54H97O11P/c1-4-7-10-13-16-19-22-24-25-27-29-31-34-37-40-43-52(56)61-47-51(65-54(58)45-42-39-36-33-30-26-23-20-17-14-11-8-5-2)49-63-66(59,60)62-48-50(46-55)64-53(57)44-41-38-35-32-28-21-18-15-12-9-6-3/h8,11,15,17-18,20,26,30,50-51,55H,4-7,9-10,12-14,16,19,21-25,27-29,31-49H2,1-3H3,(H,59,60)/b11-8-,18-15-,20-17-,30-26-. The van der Waals surface area contributed by atoms with Crippen LogP contribution in [0.4, 0.5) is 0 Å². The topological polar surface area (TPSA) is 155 Å². The first-order valence-corrected chi connectivity index (χ1v) is 28.0. The molecule has 0 spiro atoms. The van der Waals surface area contributed by atoms with Gasteiger partial charge in [0.2, 0.25) is 0 Å². The van der Waals surface area contributed by atoms with Crippen LogP contribution in [0.15, 0.2) is 48.6 Å². The summed E-state index contributed by atoms with van der Waals surface area (Å²) >= 11 is 0. The Labute approximate surface area is 403 Å². The van der Waals surface area contributed by atoms with Gasteiger partial charge in [-0.25, -0.2) is 4.57 Å². The molecule has 0 amide bonds. The molecule has 3 unspecified atom stereocenters. The van der Waals surface area contributed by atoms with Gasteiger partial charge in [0.1, 0.15) is 12.7 Å². The van der Waals surface area contributed by atoms with Crippen LogP contribution in [0.2, 0.25) is 0 Å². The second-order valence-electron chi connectivity index (χ2n) is 17.7. The van der Waals surface area contributed by atoms with E-state index in [1.807, 2.05) is 0 Å². The maximum Gasteiger partial charge on any atom is 0.472 e. The number of hydrogen-bond acceptors (Lipinski definition) is 10. The highest BCUT2D eigenvalue weighted by atomic mass is 31.2. The van der Waals surface area contributed by atoms with Crippen molar-refractivity contribution in [2.45, 2.75) is 251 Å². The molecule has 0 aliphatic heterocycles. The Morgan fingerprint density at radius 2 is 0.803 bits per heavy atom. The van der Waals surface area contributed by atoms with Crippen LogP contribution in [0.3, 0.4) is 0 Å². The molecule has 0 aromatic rings. The van der Waals surface area contributed by atoms with E-state index in [-0.39, 0.29) is 25.9 Å². The van der Waals surface area contributed by atoms with Crippen molar-refractivity contribution < 1.29 is 52.2 Å². The zero-order chi connectivity index (χ0) is 48.4. The van der Waals surface area contributed by atoms with E-state index in [4.69, 9.17) is 23.3 Å². The van der Waals surface area contributed by atoms with Crippen LogP contribution in [-0.2, 0) is 42.2 Å². The molecular formula is C54H97O11P. The molecule has 3 atom stereocenters. The highest BCUT2D eigenvalue weighted by molar-refractivity contribution is 7.47. The first kappa shape index (κ1) is 63.4. The second-order valence-corrected chi connectivity index (χ2v) is 19.1. The van der Waals surface area contributed by atoms with Gasteiger partial charge in [0.25, 0.3) is 0 Å². The van der Waals surface area contributed by atoms with Gasteiger partial charge < -0.3 is 24.2 Å². The minimum Gasteiger partial charge on any atom is -0.462 e. The number of ether oxygens (including phenoxy) is 3. The summed E-state index contributed by atoms with van der Waals surface area (Å²) < 4.78 is 39.3. The summed E-state index contributed by atoms with van der Waals surface area (Å²) in [5, 5.41) is 9.76. The van der Waals surface area contributed by atoms with Crippen LogP contribution in [0.1, 0.15) is 239 Å². The van der Waals surface area contributed by atoms with Gasteiger partial charge in [0.05, 0.1) is 19.8 Å². The third-order valence-electron chi connectivity index (χ3n) is 11.2. The number of carbonyl (C=O) groups is 3. The Bertz CT molecular complexity index is 1300. The summed E-state index contributed by atoms with van der Waals surface area (Å²) in [5.74, 6) is -1.50. The summed E-state index contributed by atoms with van der Waals surface area (Å²) in [6, 6.07) is 0. The SMILES string of the molecule is CC/C=C\C/C=C\C/C=C\CCCCCC(=O)OC(COC(=O)CCCCCCCCCCCCCCCCC)COP(=O)(O)OCC(CO)OC(=O)CCCCCCC/C=C\CCCC. The van der Waals surface area contributed by atoms with Crippen LogP contribution >= 0.6 is 7.82 Å². The van der Waals surface area contributed by atoms with Gasteiger partial charge in [-0.05, 0) is 70.6 Å². The van der Waals surface area contributed by atoms with Gasteiger partial charge in [-0.1, -0.05) is 198 Å². The molecule has 384 valence electrons. The zero-order valence-corrected chi connectivity index (χ0v) is 43.1. The van der Waals surface area contributed by atoms with Crippen LogP contribution in [0.25, 0.3) is 0 Å². The third-order valence-corrected chi connectivity index (χ3v) is 12.2. The van der Waals surface area contributed by atoms with E-state index in [2.05, 4.69) is 69.4 Å². The quantitative estimate of drug-likeness (QED) is 0.0197. The Morgan fingerprint density at radius 3 is 1.29 bits per heavy atom.